The number of nitrogens with zero attached hydrogens (tertiary/aromatic N) is 2. The summed E-state index contributed by atoms with van der Waals surface area (Å²) in [4.78, 5) is 7.77. The minimum absolute atomic E-state index is 0.0352. The van der Waals surface area contributed by atoms with Gasteiger partial charge < -0.3 is 15.5 Å². The van der Waals surface area contributed by atoms with Gasteiger partial charge in [-0.05, 0) is 17.7 Å². The van der Waals surface area contributed by atoms with Crippen molar-refractivity contribution >= 4 is 23.2 Å². The molecule has 0 spiro atoms. The van der Waals surface area contributed by atoms with Gasteiger partial charge in [-0.15, -0.1) is 0 Å². The van der Waals surface area contributed by atoms with Crippen LogP contribution in [0.25, 0.3) is 0 Å². The van der Waals surface area contributed by atoms with E-state index in [0.29, 0.717) is 27.2 Å². The smallest absolute Gasteiger partial charge is 0.243 e. The van der Waals surface area contributed by atoms with Crippen LogP contribution < -0.4 is 10.5 Å². The van der Waals surface area contributed by atoms with Gasteiger partial charge in [0.25, 0.3) is 0 Å². The Hall–Kier alpha value is -2.16. The van der Waals surface area contributed by atoms with Gasteiger partial charge in [0.1, 0.15) is 17.5 Å². The lowest BCUT2D eigenvalue weighted by molar-refractivity contribution is 0.378. The Morgan fingerprint density at radius 3 is 2.62 bits per heavy atom. The number of ether oxygens (including phenoxy) is 1. The molecule has 3 rings (SSSR count). The molecular weight excluding hydrogens is 347 g/mol. The summed E-state index contributed by atoms with van der Waals surface area (Å²) in [5.74, 6) is 0.669. The molecule has 0 saturated heterocycles. The largest absolute Gasteiger partial charge is 0.420 e. The first-order chi connectivity index (χ1) is 11.2. The molecule has 0 saturated carbocycles. The predicted molar refractivity (Wildman–Crippen MR) is 93.0 cm³/mol. The number of nitriles is 1. The van der Waals surface area contributed by atoms with Gasteiger partial charge in [-0.2, -0.15) is 10.2 Å². The van der Waals surface area contributed by atoms with Crippen LogP contribution in [-0.4, -0.2) is 9.97 Å². The van der Waals surface area contributed by atoms with Crippen LogP contribution in [0.1, 0.15) is 43.8 Å². The molecule has 24 heavy (non-hydrogen) atoms. The third-order valence-corrected chi connectivity index (χ3v) is 4.41. The maximum atomic E-state index is 9.56. The van der Waals surface area contributed by atoms with Crippen LogP contribution in [0, 0.1) is 11.3 Å². The number of aromatic nitrogens is 2. The summed E-state index contributed by atoms with van der Waals surface area (Å²) in [7, 11) is 0. The van der Waals surface area contributed by atoms with E-state index >= 15 is 0 Å². The highest BCUT2D eigenvalue weighted by Gasteiger charge is 2.36. The van der Waals surface area contributed by atoms with Crippen molar-refractivity contribution in [3.63, 3.8) is 0 Å². The van der Waals surface area contributed by atoms with Crippen molar-refractivity contribution in [3.8, 4) is 11.9 Å². The molecule has 0 aliphatic carbocycles. The number of benzene rings is 1. The summed E-state index contributed by atoms with van der Waals surface area (Å²) in [6.45, 7) is 6.09. The molecule has 124 valence electrons. The predicted octanol–water partition coefficient (Wildman–Crippen LogP) is 4.23. The summed E-state index contributed by atoms with van der Waals surface area (Å²) in [5, 5.41) is 10.5. The minimum Gasteiger partial charge on any atom is -0.420 e. The van der Waals surface area contributed by atoms with Gasteiger partial charge in [-0.1, -0.05) is 50.0 Å². The lowest BCUT2D eigenvalue weighted by Crippen LogP contribution is -2.21. The second-order valence-corrected chi connectivity index (χ2v) is 7.49. The van der Waals surface area contributed by atoms with Gasteiger partial charge in [0, 0.05) is 15.5 Å². The van der Waals surface area contributed by atoms with Crippen LogP contribution in [0.4, 0.5) is 0 Å². The van der Waals surface area contributed by atoms with Gasteiger partial charge in [0.05, 0.1) is 11.6 Å². The zero-order chi connectivity index (χ0) is 17.6. The Kier molecular flexibility index (Phi) is 3.98. The molecule has 1 aliphatic rings. The summed E-state index contributed by atoms with van der Waals surface area (Å²) < 4.78 is 5.55. The fraction of sp³-hybridized carbons (Fsp3) is 0.294. The Balaban J connectivity index is 2.23. The summed E-state index contributed by atoms with van der Waals surface area (Å²) in [6.07, 6.45) is 0. The van der Waals surface area contributed by atoms with E-state index in [1.807, 2.05) is 20.8 Å². The van der Waals surface area contributed by atoms with Gasteiger partial charge in [-0.3, -0.25) is 0 Å². The number of nitrogens with two attached hydrogens (primary N) is 1. The SMILES string of the molecule is CC(C)(C)c1nc2c([nH]1)[C@H](c1ccc(Cl)cc1Cl)C(C#N)=C(N)O2. The number of rotatable bonds is 1. The molecule has 0 bridgehead atoms. The molecule has 0 radical (unpaired) electrons. The van der Waals surface area contributed by atoms with Crippen LogP contribution in [0.15, 0.2) is 29.7 Å². The molecule has 2 heterocycles. The molecule has 1 aromatic carbocycles. The molecular formula is C17H16Cl2N4O. The maximum Gasteiger partial charge on any atom is 0.243 e. The van der Waals surface area contributed by atoms with E-state index in [9.17, 15) is 5.26 Å². The number of nitrogens with one attached hydrogen (secondary N) is 1. The van der Waals surface area contributed by atoms with Crippen LogP contribution in [0.2, 0.25) is 10.0 Å². The molecule has 0 fully saturated rings. The Morgan fingerprint density at radius 2 is 2.04 bits per heavy atom. The van der Waals surface area contributed by atoms with Gasteiger partial charge >= 0.3 is 0 Å². The van der Waals surface area contributed by atoms with Crippen molar-refractivity contribution in [2.75, 3.05) is 0 Å². The zero-order valence-electron chi connectivity index (χ0n) is 13.4. The second kappa shape index (κ2) is 5.73. The van der Waals surface area contributed by atoms with Crippen molar-refractivity contribution in [1.29, 1.82) is 5.26 Å². The van der Waals surface area contributed by atoms with Crippen molar-refractivity contribution in [1.82, 2.24) is 9.97 Å². The first-order valence-corrected chi connectivity index (χ1v) is 8.11. The fourth-order valence-corrected chi connectivity index (χ4v) is 3.13. The van der Waals surface area contributed by atoms with Crippen LogP contribution in [0.5, 0.6) is 5.88 Å². The zero-order valence-corrected chi connectivity index (χ0v) is 15.0. The van der Waals surface area contributed by atoms with Gasteiger partial charge in [0.15, 0.2) is 0 Å². The standard InChI is InChI=1S/C17H16Cl2N4O/c1-17(2,3)16-22-13-12(9-5-4-8(18)6-11(9)19)10(7-20)14(21)24-15(13)23-16/h4-6,12H,21H2,1-3H3,(H,22,23)/t12-/m1/s1. The molecule has 1 aliphatic heterocycles. The van der Waals surface area contributed by atoms with Crippen molar-refractivity contribution < 1.29 is 4.74 Å². The molecule has 7 heteroatoms. The summed E-state index contributed by atoms with van der Waals surface area (Å²) in [6, 6.07) is 7.27. The Labute approximate surface area is 150 Å². The average molecular weight is 363 g/mol. The molecule has 0 unspecified atom stereocenters. The monoisotopic (exact) mass is 362 g/mol. The van der Waals surface area contributed by atoms with E-state index in [-0.39, 0.29) is 16.9 Å². The molecule has 2 aromatic rings. The number of allylic oxidation sites excluding steroid dienone is 1. The van der Waals surface area contributed by atoms with E-state index in [1.165, 1.54) is 0 Å². The molecule has 3 N–H and O–H groups in total. The Morgan fingerprint density at radius 1 is 1.33 bits per heavy atom. The normalized spacial score (nSPS) is 17.2. The van der Waals surface area contributed by atoms with Crippen molar-refractivity contribution in [2.24, 2.45) is 5.73 Å². The summed E-state index contributed by atoms with van der Waals surface area (Å²) in [5.41, 5.74) is 7.40. The number of hydrogen-bond donors (Lipinski definition) is 2. The highest BCUT2D eigenvalue weighted by atomic mass is 35.5. The van der Waals surface area contributed by atoms with Crippen LogP contribution >= 0.6 is 23.2 Å². The van der Waals surface area contributed by atoms with E-state index < -0.39 is 5.92 Å². The number of imidazole rings is 1. The third-order valence-electron chi connectivity index (χ3n) is 3.85. The quantitative estimate of drug-likeness (QED) is 0.794. The highest BCUT2D eigenvalue weighted by Crippen LogP contribution is 2.44. The minimum atomic E-state index is -0.480. The molecule has 5 nitrogen and oxygen atoms in total. The second-order valence-electron chi connectivity index (χ2n) is 6.64. The first kappa shape index (κ1) is 16.7. The average Bonchev–Trinajstić information content (AvgIpc) is 2.90. The van der Waals surface area contributed by atoms with Crippen LogP contribution in [-0.2, 0) is 5.41 Å². The topological polar surface area (TPSA) is 87.7 Å². The first-order valence-electron chi connectivity index (χ1n) is 7.35. The number of fused-ring (bicyclic) bond motifs is 1. The van der Waals surface area contributed by atoms with Crippen molar-refractivity contribution in [3.05, 3.63) is 56.8 Å². The van der Waals surface area contributed by atoms with Crippen LogP contribution in [0.3, 0.4) is 0 Å². The molecule has 1 atom stereocenters. The highest BCUT2D eigenvalue weighted by molar-refractivity contribution is 6.35. The van der Waals surface area contributed by atoms with E-state index in [2.05, 4.69) is 16.0 Å². The number of halogens is 2. The fourth-order valence-electron chi connectivity index (χ4n) is 2.61. The van der Waals surface area contributed by atoms with E-state index in [4.69, 9.17) is 33.7 Å². The number of H-pyrrole nitrogens is 1. The van der Waals surface area contributed by atoms with Gasteiger partial charge in [-0.25, -0.2) is 0 Å². The van der Waals surface area contributed by atoms with Crippen molar-refractivity contribution in [2.45, 2.75) is 32.1 Å². The maximum absolute atomic E-state index is 9.56. The number of aromatic amines is 1. The summed E-state index contributed by atoms with van der Waals surface area (Å²) >= 11 is 12.4. The van der Waals surface area contributed by atoms with E-state index in [1.54, 1.807) is 18.2 Å². The lowest BCUT2D eigenvalue weighted by Gasteiger charge is -2.23. The number of hydrogen-bond acceptors (Lipinski definition) is 4. The lowest BCUT2D eigenvalue weighted by atomic mass is 9.87. The van der Waals surface area contributed by atoms with E-state index in [0.717, 1.165) is 5.82 Å². The van der Waals surface area contributed by atoms with Gasteiger partial charge in [0.2, 0.25) is 11.8 Å². The molecule has 1 aromatic heterocycles. The third kappa shape index (κ3) is 2.72. The Bertz CT molecular complexity index is 887. The molecule has 0 amide bonds.